The molecule has 0 spiro atoms. The largest absolute Gasteiger partial charge is 0.103 e. The summed E-state index contributed by atoms with van der Waals surface area (Å²) < 4.78 is 0. The molecule has 2 aromatic rings. The SMILES string of the molecule is C=C(C1c2ccccc2-c2ccccc21)[Si](C)(C)C. The van der Waals surface area contributed by atoms with Crippen LogP contribution in [0, 0.1) is 0 Å². The van der Waals surface area contributed by atoms with Crippen LogP contribution in [0.25, 0.3) is 11.1 Å². The predicted molar refractivity (Wildman–Crippen MR) is 86.2 cm³/mol. The van der Waals surface area contributed by atoms with Crippen molar-refractivity contribution in [1.82, 2.24) is 0 Å². The van der Waals surface area contributed by atoms with Gasteiger partial charge in [-0.15, -0.1) is 6.58 Å². The maximum atomic E-state index is 4.47. The van der Waals surface area contributed by atoms with Gasteiger partial charge in [-0.3, -0.25) is 0 Å². The van der Waals surface area contributed by atoms with Crippen LogP contribution < -0.4 is 0 Å². The van der Waals surface area contributed by atoms with Crippen LogP contribution in [0.1, 0.15) is 17.0 Å². The summed E-state index contributed by atoms with van der Waals surface area (Å²) in [5.74, 6) is 0.402. The molecule has 3 rings (SSSR count). The van der Waals surface area contributed by atoms with Crippen molar-refractivity contribution in [2.75, 3.05) is 0 Å². The quantitative estimate of drug-likeness (QED) is 0.651. The Morgan fingerprint density at radius 2 is 1.26 bits per heavy atom. The summed E-state index contributed by atoms with van der Waals surface area (Å²) in [6.45, 7) is 11.6. The predicted octanol–water partition coefficient (Wildman–Crippen LogP) is 5.23. The van der Waals surface area contributed by atoms with Crippen LogP contribution in [0.2, 0.25) is 19.6 Å². The highest BCUT2D eigenvalue weighted by molar-refractivity contribution is 6.83. The van der Waals surface area contributed by atoms with Crippen molar-refractivity contribution in [3.63, 3.8) is 0 Å². The first-order valence-corrected chi connectivity index (χ1v) is 10.4. The molecule has 0 saturated carbocycles. The molecule has 96 valence electrons. The molecule has 0 unspecified atom stereocenters. The molecule has 0 nitrogen and oxygen atoms in total. The number of rotatable bonds is 2. The molecule has 0 fully saturated rings. The Morgan fingerprint density at radius 1 is 0.842 bits per heavy atom. The van der Waals surface area contributed by atoms with Gasteiger partial charge in [0.05, 0.1) is 8.07 Å². The first kappa shape index (κ1) is 12.4. The fourth-order valence-corrected chi connectivity index (χ4v) is 4.14. The number of allylic oxidation sites excluding steroid dienone is 1. The molecule has 0 saturated heterocycles. The van der Waals surface area contributed by atoms with Gasteiger partial charge in [0, 0.05) is 5.92 Å². The van der Waals surface area contributed by atoms with Crippen molar-refractivity contribution in [1.29, 1.82) is 0 Å². The maximum Gasteiger partial charge on any atom is 0.0729 e. The molecule has 1 aliphatic rings. The molecule has 0 atom stereocenters. The topological polar surface area (TPSA) is 0 Å². The summed E-state index contributed by atoms with van der Waals surface area (Å²) in [4.78, 5) is 0. The number of benzene rings is 2. The summed E-state index contributed by atoms with van der Waals surface area (Å²) in [5.41, 5.74) is 5.66. The Bertz CT molecular complexity index is 601. The van der Waals surface area contributed by atoms with Crippen LogP contribution in [0.5, 0.6) is 0 Å². The van der Waals surface area contributed by atoms with Gasteiger partial charge in [0.2, 0.25) is 0 Å². The zero-order valence-corrected chi connectivity index (χ0v) is 12.9. The van der Waals surface area contributed by atoms with E-state index >= 15 is 0 Å². The summed E-state index contributed by atoms with van der Waals surface area (Å²) in [5, 5.41) is 1.44. The number of fused-ring (bicyclic) bond motifs is 3. The van der Waals surface area contributed by atoms with E-state index in [0.29, 0.717) is 5.92 Å². The lowest BCUT2D eigenvalue weighted by molar-refractivity contribution is 1.04. The molecular formula is C18H20Si. The second kappa shape index (κ2) is 4.21. The highest BCUT2D eigenvalue weighted by Crippen LogP contribution is 2.49. The molecule has 0 aromatic heterocycles. The van der Waals surface area contributed by atoms with Crippen LogP contribution >= 0.6 is 0 Å². The molecule has 0 bridgehead atoms. The monoisotopic (exact) mass is 264 g/mol. The second-order valence-corrected chi connectivity index (χ2v) is 11.5. The van der Waals surface area contributed by atoms with Crippen LogP contribution in [0.4, 0.5) is 0 Å². The van der Waals surface area contributed by atoms with Crippen LogP contribution in [0.15, 0.2) is 60.3 Å². The zero-order valence-electron chi connectivity index (χ0n) is 11.9. The van der Waals surface area contributed by atoms with Crippen molar-refractivity contribution in [2.45, 2.75) is 25.6 Å². The minimum atomic E-state index is -1.36. The third-order valence-electron chi connectivity index (χ3n) is 4.15. The van der Waals surface area contributed by atoms with Gasteiger partial charge in [-0.2, -0.15) is 0 Å². The first-order valence-electron chi connectivity index (χ1n) is 6.87. The smallest absolute Gasteiger partial charge is 0.0729 e. The lowest BCUT2D eigenvalue weighted by atomic mass is 9.97. The van der Waals surface area contributed by atoms with Gasteiger partial charge >= 0.3 is 0 Å². The Hall–Kier alpha value is -1.60. The van der Waals surface area contributed by atoms with E-state index in [9.17, 15) is 0 Å². The average Bonchev–Trinajstić information content (AvgIpc) is 2.71. The van der Waals surface area contributed by atoms with Crippen molar-refractivity contribution in [3.8, 4) is 11.1 Å². The minimum Gasteiger partial charge on any atom is -0.103 e. The third-order valence-corrected chi connectivity index (χ3v) is 6.36. The molecule has 0 aliphatic heterocycles. The van der Waals surface area contributed by atoms with E-state index < -0.39 is 8.07 Å². The summed E-state index contributed by atoms with van der Waals surface area (Å²) in [6, 6.07) is 17.6. The van der Waals surface area contributed by atoms with Gasteiger partial charge in [0.15, 0.2) is 0 Å². The second-order valence-electron chi connectivity index (χ2n) is 6.38. The molecule has 1 aliphatic carbocycles. The van der Waals surface area contributed by atoms with E-state index in [1.807, 2.05) is 0 Å². The standard InChI is InChI=1S/C18H20Si/c1-13(19(2,3)4)18-16-11-7-5-9-14(16)15-10-6-8-12-17(15)18/h5-12,18H,1H2,2-4H3. The molecule has 0 heterocycles. The molecule has 0 amide bonds. The van der Waals surface area contributed by atoms with E-state index in [0.717, 1.165) is 0 Å². The number of hydrogen-bond acceptors (Lipinski definition) is 0. The van der Waals surface area contributed by atoms with Crippen LogP contribution in [0.3, 0.4) is 0 Å². The Balaban J connectivity index is 2.24. The zero-order chi connectivity index (χ0) is 13.6. The van der Waals surface area contributed by atoms with Gasteiger partial charge in [0.25, 0.3) is 0 Å². The highest BCUT2D eigenvalue weighted by atomic mass is 28.3. The van der Waals surface area contributed by atoms with E-state index in [-0.39, 0.29) is 0 Å². The fourth-order valence-electron chi connectivity index (χ4n) is 2.96. The summed E-state index contributed by atoms with van der Waals surface area (Å²) in [6.07, 6.45) is 0. The van der Waals surface area contributed by atoms with Crippen molar-refractivity contribution >= 4 is 8.07 Å². The van der Waals surface area contributed by atoms with Gasteiger partial charge in [-0.05, 0) is 22.3 Å². The van der Waals surface area contributed by atoms with Gasteiger partial charge < -0.3 is 0 Å². The normalized spacial score (nSPS) is 14.1. The molecule has 2 aromatic carbocycles. The third kappa shape index (κ3) is 1.89. The lowest BCUT2D eigenvalue weighted by Crippen LogP contribution is -2.27. The van der Waals surface area contributed by atoms with E-state index in [2.05, 4.69) is 74.8 Å². The van der Waals surface area contributed by atoms with E-state index in [1.165, 1.54) is 27.5 Å². The van der Waals surface area contributed by atoms with Gasteiger partial charge in [-0.25, -0.2) is 0 Å². The average molecular weight is 264 g/mol. The Labute approximate surface area is 116 Å². The molecule has 19 heavy (non-hydrogen) atoms. The maximum absolute atomic E-state index is 4.47. The highest BCUT2D eigenvalue weighted by Gasteiger charge is 2.34. The van der Waals surface area contributed by atoms with Crippen molar-refractivity contribution < 1.29 is 0 Å². The lowest BCUT2D eigenvalue weighted by Gasteiger charge is -2.27. The van der Waals surface area contributed by atoms with E-state index in [1.54, 1.807) is 0 Å². The molecule has 1 heteroatoms. The van der Waals surface area contributed by atoms with Crippen molar-refractivity contribution in [3.05, 3.63) is 71.4 Å². The van der Waals surface area contributed by atoms with Crippen LogP contribution in [-0.4, -0.2) is 8.07 Å². The fraction of sp³-hybridized carbons (Fsp3) is 0.222. The molecule has 0 N–H and O–H groups in total. The molecular weight excluding hydrogens is 244 g/mol. The van der Waals surface area contributed by atoms with Crippen molar-refractivity contribution in [2.24, 2.45) is 0 Å². The van der Waals surface area contributed by atoms with Gasteiger partial charge in [0.1, 0.15) is 0 Å². The first-order chi connectivity index (χ1) is 9.00. The minimum absolute atomic E-state index is 0.402. The summed E-state index contributed by atoms with van der Waals surface area (Å²) in [7, 11) is -1.36. The Kier molecular flexibility index (Phi) is 2.75. The van der Waals surface area contributed by atoms with Crippen LogP contribution in [-0.2, 0) is 0 Å². The summed E-state index contributed by atoms with van der Waals surface area (Å²) >= 11 is 0. The van der Waals surface area contributed by atoms with Gasteiger partial charge in [-0.1, -0.05) is 73.4 Å². The van der Waals surface area contributed by atoms with E-state index in [4.69, 9.17) is 0 Å². The Morgan fingerprint density at radius 3 is 1.68 bits per heavy atom. The molecule has 0 radical (unpaired) electrons. The number of hydrogen-bond donors (Lipinski definition) is 0.